The summed E-state index contributed by atoms with van der Waals surface area (Å²) in [5.74, 6) is 6.78. The van der Waals surface area contributed by atoms with Gasteiger partial charge in [-0.2, -0.15) is 0 Å². The van der Waals surface area contributed by atoms with Crippen LogP contribution < -0.4 is 0 Å². The molecule has 2 aromatic rings. The Kier molecular flexibility index (Phi) is 3.10. The number of rotatable bonds is 3. The Morgan fingerprint density at radius 3 is 2.27 bits per heavy atom. The molecule has 4 rings (SSSR count). The van der Waals surface area contributed by atoms with Crippen molar-refractivity contribution < 1.29 is 9.53 Å². The van der Waals surface area contributed by atoms with Crippen LogP contribution in [0.1, 0.15) is 34.9 Å². The molecule has 0 amide bonds. The Balaban J connectivity index is 1.69. The second kappa shape index (κ2) is 5.12. The van der Waals surface area contributed by atoms with Gasteiger partial charge in [0.25, 0.3) is 0 Å². The smallest absolute Gasteiger partial charge is 0.223 e. The third-order valence-corrected chi connectivity index (χ3v) is 4.13. The van der Waals surface area contributed by atoms with Crippen LogP contribution in [0.2, 0.25) is 0 Å². The highest BCUT2D eigenvalue weighted by atomic mass is 16.6. The Morgan fingerprint density at radius 1 is 1.00 bits per heavy atom. The maximum Gasteiger partial charge on any atom is 0.223 e. The fourth-order valence-electron chi connectivity index (χ4n) is 2.65. The molecule has 1 aliphatic heterocycles. The van der Waals surface area contributed by atoms with Gasteiger partial charge in [-0.15, -0.1) is 0 Å². The fraction of sp³-hybridized carbons (Fsp3) is 0.250. The van der Waals surface area contributed by atoms with Crippen LogP contribution in [0.25, 0.3) is 0 Å². The normalized spacial score (nSPS) is 25.9. The van der Waals surface area contributed by atoms with E-state index < -0.39 is 5.60 Å². The maximum atomic E-state index is 12.9. The molecule has 1 aliphatic carbocycles. The number of benzene rings is 2. The molecule has 108 valence electrons. The van der Waals surface area contributed by atoms with E-state index in [1.807, 2.05) is 60.7 Å². The number of hydrogen-bond acceptors (Lipinski definition) is 2. The molecule has 0 bridgehead atoms. The standard InChI is InChI=1S/C20H16O2/c21-18(16-7-3-1-4-8-16)20(14-13-15-11-12-15)19(22-20)17-9-5-2-6-10-17/h1-10,15,19H,11-12H2. The van der Waals surface area contributed by atoms with Gasteiger partial charge in [0, 0.05) is 11.5 Å². The van der Waals surface area contributed by atoms with Gasteiger partial charge in [0.1, 0.15) is 6.10 Å². The van der Waals surface area contributed by atoms with Gasteiger partial charge in [0.05, 0.1) is 0 Å². The van der Waals surface area contributed by atoms with E-state index in [9.17, 15) is 4.79 Å². The Bertz CT molecular complexity index is 751. The Labute approximate surface area is 130 Å². The lowest BCUT2D eigenvalue weighted by Crippen LogP contribution is -2.24. The summed E-state index contributed by atoms with van der Waals surface area (Å²) in [4.78, 5) is 12.9. The zero-order chi connectivity index (χ0) is 15.0. The van der Waals surface area contributed by atoms with Gasteiger partial charge in [0.15, 0.2) is 0 Å². The van der Waals surface area contributed by atoms with Crippen LogP contribution in [0.3, 0.4) is 0 Å². The van der Waals surface area contributed by atoms with E-state index in [-0.39, 0.29) is 11.9 Å². The highest BCUT2D eigenvalue weighted by Crippen LogP contribution is 2.51. The lowest BCUT2D eigenvalue weighted by Gasteiger charge is -2.05. The number of ether oxygens (including phenoxy) is 1. The SMILES string of the molecule is O=C(c1ccccc1)C1(C#CC2CC2)OC1c1ccccc1. The van der Waals surface area contributed by atoms with Gasteiger partial charge < -0.3 is 4.74 Å². The third-order valence-electron chi connectivity index (χ3n) is 4.13. The largest absolute Gasteiger partial charge is 0.339 e. The predicted octanol–water partition coefficient (Wildman–Crippen LogP) is 3.79. The molecule has 1 saturated carbocycles. The summed E-state index contributed by atoms with van der Waals surface area (Å²) in [6, 6.07) is 19.2. The number of carbonyl (C=O) groups is 1. The number of epoxide rings is 1. The van der Waals surface area contributed by atoms with Crippen LogP contribution in [0.15, 0.2) is 60.7 Å². The second-order valence-corrected chi connectivity index (χ2v) is 5.88. The van der Waals surface area contributed by atoms with E-state index in [0.717, 1.165) is 18.4 Å². The molecule has 22 heavy (non-hydrogen) atoms. The van der Waals surface area contributed by atoms with Gasteiger partial charge in [0.2, 0.25) is 11.4 Å². The molecule has 0 spiro atoms. The van der Waals surface area contributed by atoms with Gasteiger partial charge in [-0.1, -0.05) is 72.5 Å². The van der Waals surface area contributed by atoms with E-state index >= 15 is 0 Å². The van der Waals surface area contributed by atoms with Crippen molar-refractivity contribution in [1.29, 1.82) is 0 Å². The second-order valence-electron chi connectivity index (χ2n) is 5.88. The van der Waals surface area contributed by atoms with E-state index in [1.54, 1.807) is 0 Å². The van der Waals surface area contributed by atoms with Crippen LogP contribution in [0, 0.1) is 17.8 Å². The molecule has 2 heteroatoms. The predicted molar refractivity (Wildman–Crippen MR) is 84.3 cm³/mol. The molecule has 2 aliphatic rings. The van der Waals surface area contributed by atoms with E-state index in [4.69, 9.17) is 4.74 Å². The quantitative estimate of drug-likeness (QED) is 0.488. The summed E-state index contributed by atoms with van der Waals surface area (Å²) < 4.78 is 5.86. The first kappa shape index (κ1) is 13.3. The number of hydrogen-bond donors (Lipinski definition) is 0. The van der Waals surface area contributed by atoms with Crippen LogP contribution in [0.4, 0.5) is 0 Å². The minimum Gasteiger partial charge on any atom is -0.339 e. The third kappa shape index (κ3) is 2.34. The maximum absolute atomic E-state index is 12.9. The molecule has 1 heterocycles. The summed E-state index contributed by atoms with van der Waals surface area (Å²) >= 11 is 0. The number of Topliss-reactive ketones (excluding diaryl/α,β-unsaturated/α-hetero) is 1. The lowest BCUT2D eigenvalue weighted by atomic mass is 9.91. The highest BCUT2D eigenvalue weighted by molar-refractivity contribution is 6.07. The van der Waals surface area contributed by atoms with Gasteiger partial charge >= 0.3 is 0 Å². The van der Waals surface area contributed by atoms with Crippen LogP contribution in [-0.4, -0.2) is 11.4 Å². The molecular formula is C20H16O2. The van der Waals surface area contributed by atoms with Crippen molar-refractivity contribution in [2.45, 2.75) is 24.5 Å². The molecule has 2 unspecified atom stereocenters. The Morgan fingerprint density at radius 2 is 1.64 bits per heavy atom. The first-order valence-corrected chi connectivity index (χ1v) is 7.65. The van der Waals surface area contributed by atoms with Crippen LogP contribution >= 0.6 is 0 Å². The molecule has 0 N–H and O–H groups in total. The molecule has 0 aromatic heterocycles. The van der Waals surface area contributed by atoms with E-state index in [0.29, 0.717) is 11.5 Å². The fourth-order valence-corrected chi connectivity index (χ4v) is 2.65. The van der Waals surface area contributed by atoms with Crippen molar-refractivity contribution in [2.24, 2.45) is 5.92 Å². The zero-order valence-corrected chi connectivity index (χ0v) is 12.2. The van der Waals surface area contributed by atoms with E-state index in [1.165, 1.54) is 0 Å². The number of ketones is 1. The van der Waals surface area contributed by atoms with Crippen molar-refractivity contribution in [3.63, 3.8) is 0 Å². The minimum absolute atomic E-state index is 0.0323. The van der Waals surface area contributed by atoms with Crippen molar-refractivity contribution >= 4 is 5.78 Å². The van der Waals surface area contributed by atoms with Crippen LogP contribution in [-0.2, 0) is 4.74 Å². The molecule has 0 radical (unpaired) electrons. The first-order valence-electron chi connectivity index (χ1n) is 7.65. The van der Waals surface area contributed by atoms with Gasteiger partial charge in [-0.25, -0.2) is 0 Å². The molecule has 1 saturated heterocycles. The average molecular weight is 288 g/mol. The first-order chi connectivity index (χ1) is 10.8. The number of carbonyl (C=O) groups excluding carboxylic acids is 1. The van der Waals surface area contributed by atoms with Crippen molar-refractivity contribution in [2.75, 3.05) is 0 Å². The average Bonchev–Trinajstić information content (AvgIpc) is 3.48. The van der Waals surface area contributed by atoms with E-state index in [2.05, 4.69) is 11.8 Å². The summed E-state index contributed by atoms with van der Waals surface area (Å²) in [6.07, 6.45) is 2.02. The summed E-state index contributed by atoms with van der Waals surface area (Å²) in [5, 5.41) is 0. The van der Waals surface area contributed by atoms with Crippen molar-refractivity contribution in [1.82, 2.24) is 0 Å². The molecule has 2 aromatic carbocycles. The molecule has 2 fully saturated rings. The molecule has 2 atom stereocenters. The zero-order valence-electron chi connectivity index (χ0n) is 12.2. The molecule has 2 nitrogen and oxygen atoms in total. The van der Waals surface area contributed by atoms with Gasteiger partial charge in [-0.05, 0) is 18.4 Å². The lowest BCUT2D eigenvalue weighted by molar-refractivity contribution is 0.0916. The minimum atomic E-state index is -0.995. The summed E-state index contributed by atoms with van der Waals surface area (Å²) in [7, 11) is 0. The summed E-state index contributed by atoms with van der Waals surface area (Å²) in [6.45, 7) is 0. The van der Waals surface area contributed by atoms with Crippen LogP contribution in [0.5, 0.6) is 0 Å². The summed E-state index contributed by atoms with van der Waals surface area (Å²) in [5.41, 5.74) is 0.675. The van der Waals surface area contributed by atoms with Crippen molar-refractivity contribution in [3.8, 4) is 11.8 Å². The topological polar surface area (TPSA) is 29.6 Å². The van der Waals surface area contributed by atoms with Gasteiger partial charge in [-0.3, -0.25) is 4.79 Å². The highest BCUT2D eigenvalue weighted by Gasteiger charge is 2.62. The Hall–Kier alpha value is -2.37. The molecular weight excluding hydrogens is 272 g/mol. The monoisotopic (exact) mass is 288 g/mol. The van der Waals surface area contributed by atoms with Crippen molar-refractivity contribution in [3.05, 3.63) is 71.8 Å².